The van der Waals surface area contributed by atoms with Crippen LogP contribution in [-0.4, -0.2) is 30.1 Å². The van der Waals surface area contributed by atoms with Gasteiger partial charge in [0.2, 0.25) is 0 Å². The number of carbonyl (C=O) groups excluding carboxylic acids is 1. The summed E-state index contributed by atoms with van der Waals surface area (Å²) >= 11 is 0. The SMILES string of the molecule is CCCC(CC(C#N)(c1ccccc1)C1CCN(C#Cc2ccc(C#N)cc2)CC1)OC(C)=O. The van der Waals surface area contributed by atoms with Crippen molar-refractivity contribution in [3.05, 3.63) is 71.3 Å². The maximum Gasteiger partial charge on any atom is 0.302 e. The molecule has 0 saturated carbocycles. The molecule has 5 heteroatoms. The van der Waals surface area contributed by atoms with Crippen molar-refractivity contribution in [1.82, 2.24) is 4.90 Å². The van der Waals surface area contributed by atoms with Gasteiger partial charge in [-0.3, -0.25) is 4.79 Å². The first kappa shape index (κ1) is 24.9. The quantitative estimate of drug-likeness (QED) is 0.427. The summed E-state index contributed by atoms with van der Waals surface area (Å²) in [5, 5.41) is 19.5. The number of hydrogen-bond acceptors (Lipinski definition) is 5. The van der Waals surface area contributed by atoms with Crippen LogP contribution in [0.3, 0.4) is 0 Å². The molecule has 174 valence electrons. The number of rotatable bonds is 7. The number of nitriles is 2. The summed E-state index contributed by atoms with van der Waals surface area (Å²) in [5.41, 5.74) is 1.77. The van der Waals surface area contributed by atoms with E-state index in [2.05, 4.69) is 35.9 Å². The van der Waals surface area contributed by atoms with E-state index in [0.717, 1.165) is 49.9 Å². The molecular formula is C29H31N3O2. The van der Waals surface area contributed by atoms with E-state index in [4.69, 9.17) is 10.00 Å². The van der Waals surface area contributed by atoms with E-state index in [9.17, 15) is 10.1 Å². The predicted molar refractivity (Wildman–Crippen MR) is 131 cm³/mol. The molecule has 0 bridgehead atoms. The first-order valence-corrected chi connectivity index (χ1v) is 11.9. The molecule has 3 rings (SSSR count). The third-order valence-corrected chi connectivity index (χ3v) is 6.55. The number of nitrogens with zero attached hydrogens (tertiary/aromatic N) is 3. The van der Waals surface area contributed by atoms with Gasteiger partial charge in [-0.25, -0.2) is 0 Å². The maximum absolute atomic E-state index is 11.7. The first-order valence-electron chi connectivity index (χ1n) is 11.9. The molecule has 2 atom stereocenters. The van der Waals surface area contributed by atoms with Crippen LogP contribution in [0.1, 0.15) is 62.6 Å². The Balaban J connectivity index is 1.79. The second-order valence-electron chi connectivity index (χ2n) is 8.86. The monoisotopic (exact) mass is 453 g/mol. The van der Waals surface area contributed by atoms with Crippen molar-refractivity contribution in [3.63, 3.8) is 0 Å². The highest BCUT2D eigenvalue weighted by molar-refractivity contribution is 5.66. The van der Waals surface area contributed by atoms with E-state index in [1.54, 1.807) is 12.1 Å². The van der Waals surface area contributed by atoms with Gasteiger partial charge in [-0.1, -0.05) is 43.7 Å². The van der Waals surface area contributed by atoms with Crippen molar-refractivity contribution >= 4 is 5.97 Å². The summed E-state index contributed by atoms with van der Waals surface area (Å²) < 4.78 is 5.64. The molecule has 2 aromatic carbocycles. The number of hydrogen-bond donors (Lipinski definition) is 0. The number of piperidine rings is 1. The average molecular weight is 454 g/mol. The van der Waals surface area contributed by atoms with Crippen LogP contribution in [0, 0.1) is 40.5 Å². The molecule has 0 aromatic heterocycles. The molecule has 1 fully saturated rings. The van der Waals surface area contributed by atoms with Gasteiger partial charge in [-0.15, -0.1) is 0 Å². The zero-order chi connectivity index (χ0) is 24.4. The van der Waals surface area contributed by atoms with Crippen LogP contribution >= 0.6 is 0 Å². The van der Waals surface area contributed by atoms with Gasteiger partial charge in [-0.2, -0.15) is 10.5 Å². The van der Waals surface area contributed by atoms with E-state index in [0.29, 0.717) is 12.0 Å². The van der Waals surface area contributed by atoms with E-state index < -0.39 is 5.41 Å². The lowest BCUT2D eigenvalue weighted by molar-refractivity contribution is -0.147. The minimum atomic E-state index is -0.719. The summed E-state index contributed by atoms with van der Waals surface area (Å²) in [6.07, 6.45) is 3.52. The molecule has 1 aliphatic rings. The largest absolute Gasteiger partial charge is 0.462 e. The predicted octanol–water partition coefficient (Wildman–Crippen LogP) is 5.16. The van der Waals surface area contributed by atoms with Gasteiger partial charge in [0.15, 0.2) is 0 Å². The van der Waals surface area contributed by atoms with Gasteiger partial charge >= 0.3 is 5.97 Å². The Bertz CT molecular complexity index is 1090. The van der Waals surface area contributed by atoms with E-state index >= 15 is 0 Å². The Morgan fingerprint density at radius 1 is 1.09 bits per heavy atom. The summed E-state index contributed by atoms with van der Waals surface area (Å²) in [6.45, 7) is 5.05. The fraction of sp³-hybridized carbons (Fsp3) is 0.414. The second-order valence-corrected chi connectivity index (χ2v) is 8.86. The topological polar surface area (TPSA) is 77.1 Å². The van der Waals surface area contributed by atoms with Gasteiger partial charge < -0.3 is 9.64 Å². The molecule has 0 aliphatic carbocycles. The lowest BCUT2D eigenvalue weighted by atomic mass is 9.64. The van der Waals surface area contributed by atoms with Crippen molar-refractivity contribution in [2.75, 3.05) is 13.1 Å². The molecule has 5 nitrogen and oxygen atoms in total. The number of benzene rings is 2. The fourth-order valence-electron chi connectivity index (χ4n) is 4.83. The molecular weight excluding hydrogens is 422 g/mol. The molecule has 0 spiro atoms. The Morgan fingerprint density at radius 2 is 1.74 bits per heavy atom. The Hall–Kier alpha value is -3.75. The minimum absolute atomic E-state index is 0.141. The van der Waals surface area contributed by atoms with Gasteiger partial charge in [-0.05, 0) is 60.9 Å². The highest BCUT2D eigenvalue weighted by Gasteiger charge is 2.44. The third kappa shape index (κ3) is 6.18. The maximum atomic E-state index is 11.7. The molecule has 0 radical (unpaired) electrons. The molecule has 1 heterocycles. The highest BCUT2D eigenvalue weighted by Crippen LogP contribution is 2.43. The molecule has 34 heavy (non-hydrogen) atoms. The average Bonchev–Trinajstić information content (AvgIpc) is 2.87. The van der Waals surface area contributed by atoms with Gasteiger partial charge in [0, 0.05) is 38.0 Å². The summed E-state index contributed by atoms with van der Waals surface area (Å²) in [6, 6.07) is 25.2. The van der Waals surface area contributed by atoms with Crippen molar-refractivity contribution in [1.29, 1.82) is 10.5 Å². The van der Waals surface area contributed by atoms with Gasteiger partial charge in [0.25, 0.3) is 0 Å². The van der Waals surface area contributed by atoms with Gasteiger partial charge in [0.05, 0.1) is 23.1 Å². The molecule has 2 unspecified atom stereocenters. The highest BCUT2D eigenvalue weighted by atomic mass is 16.5. The number of likely N-dealkylation sites (tertiary alicyclic amines) is 1. The minimum Gasteiger partial charge on any atom is -0.462 e. The number of carbonyl (C=O) groups is 1. The normalized spacial score (nSPS) is 16.2. The molecule has 1 saturated heterocycles. The first-order chi connectivity index (χ1) is 16.5. The summed E-state index contributed by atoms with van der Waals surface area (Å²) in [5.74, 6) is 3.02. The van der Waals surface area contributed by atoms with Crippen LogP contribution in [0.4, 0.5) is 0 Å². The zero-order valence-corrected chi connectivity index (χ0v) is 20.0. The van der Waals surface area contributed by atoms with Crippen LogP contribution in [0.15, 0.2) is 54.6 Å². The van der Waals surface area contributed by atoms with Gasteiger partial charge in [0.1, 0.15) is 6.10 Å². The van der Waals surface area contributed by atoms with Crippen LogP contribution < -0.4 is 0 Å². The summed E-state index contributed by atoms with van der Waals surface area (Å²) in [7, 11) is 0. The Labute approximate surface area is 203 Å². The van der Waals surface area contributed by atoms with Crippen LogP contribution in [0.5, 0.6) is 0 Å². The lowest BCUT2D eigenvalue weighted by Gasteiger charge is -2.41. The smallest absolute Gasteiger partial charge is 0.302 e. The van der Waals surface area contributed by atoms with Crippen molar-refractivity contribution < 1.29 is 9.53 Å². The lowest BCUT2D eigenvalue weighted by Crippen LogP contribution is -2.44. The van der Waals surface area contributed by atoms with Crippen LogP contribution in [0.25, 0.3) is 0 Å². The number of esters is 1. The Kier molecular flexibility index (Phi) is 8.73. The van der Waals surface area contributed by atoms with E-state index in [-0.39, 0.29) is 18.0 Å². The third-order valence-electron chi connectivity index (χ3n) is 6.55. The summed E-state index contributed by atoms with van der Waals surface area (Å²) in [4.78, 5) is 13.8. The standard InChI is InChI=1S/C29H31N3O2/c1-3-7-28(34-23(2)33)20-29(22-31,26-8-5-4-6-9-26)27-15-18-32(19-16-27)17-14-24-10-12-25(21-30)13-11-24/h4-6,8-13,27-28H,3,7,15-16,18-20H2,1-2H3. The molecule has 2 aromatic rings. The zero-order valence-electron chi connectivity index (χ0n) is 20.0. The van der Waals surface area contributed by atoms with Crippen molar-refractivity contribution in [2.45, 2.75) is 57.5 Å². The Morgan fingerprint density at radius 3 is 2.29 bits per heavy atom. The molecule has 1 aliphatic heterocycles. The van der Waals surface area contributed by atoms with Crippen molar-refractivity contribution in [2.24, 2.45) is 5.92 Å². The van der Waals surface area contributed by atoms with E-state index in [1.807, 2.05) is 42.5 Å². The van der Waals surface area contributed by atoms with Crippen molar-refractivity contribution in [3.8, 4) is 24.1 Å². The van der Waals surface area contributed by atoms with Crippen LogP contribution in [0.2, 0.25) is 0 Å². The number of ether oxygens (including phenoxy) is 1. The second kappa shape index (κ2) is 11.9. The molecule has 0 N–H and O–H groups in total. The molecule has 0 amide bonds. The van der Waals surface area contributed by atoms with E-state index in [1.165, 1.54) is 6.92 Å². The fourth-order valence-corrected chi connectivity index (χ4v) is 4.83. The van der Waals surface area contributed by atoms with Crippen LogP contribution in [-0.2, 0) is 14.9 Å².